The Kier molecular flexibility index (Phi) is 6.38. The summed E-state index contributed by atoms with van der Waals surface area (Å²) in [5.41, 5.74) is 6.94. The maximum absolute atomic E-state index is 15.3. The van der Waals surface area contributed by atoms with Gasteiger partial charge in [0.2, 0.25) is 0 Å². The van der Waals surface area contributed by atoms with Crippen molar-refractivity contribution in [3.63, 3.8) is 0 Å². The third kappa shape index (κ3) is 4.38. The number of carboxylic acids is 1. The quantitative estimate of drug-likeness (QED) is 0.364. The van der Waals surface area contributed by atoms with Gasteiger partial charge in [0.25, 0.3) is 0 Å². The van der Waals surface area contributed by atoms with Crippen molar-refractivity contribution in [1.29, 1.82) is 0 Å². The molecule has 0 spiro atoms. The summed E-state index contributed by atoms with van der Waals surface area (Å²) in [7, 11) is 0. The van der Waals surface area contributed by atoms with E-state index in [4.69, 9.17) is 14.9 Å². The van der Waals surface area contributed by atoms with Crippen LogP contribution < -0.4 is 10.5 Å². The summed E-state index contributed by atoms with van der Waals surface area (Å²) in [6.07, 6.45) is 2.36. The van der Waals surface area contributed by atoms with E-state index in [2.05, 4.69) is 4.98 Å². The van der Waals surface area contributed by atoms with E-state index in [1.165, 1.54) is 55.8 Å². The smallest absolute Gasteiger partial charge is 0.307 e. The van der Waals surface area contributed by atoms with Crippen LogP contribution in [0.15, 0.2) is 53.3 Å². The van der Waals surface area contributed by atoms with Crippen LogP contribution in [0.2, 0.25) is 0 Å². The van der Waals surface area contributed by atoms with E-state index >= 15 is 4.39 Å². The average molecular weight is 466 g/mol. The van der Waals surface area contributed by atoms with Crippen molar-refractivity contribution in [2.45, 2.75) is 26.5 Å². The number of hydrogen-bond donors (Lipinski definition) is 2. The van der Waals surface area contributed by atoms with Gasteiger partial charge in [-0.3, -0.25) is 14.6 Å². The normalized spacial score (nSPS) is 11.1. The van der Waals surface area contributed by atoms with E-state index in [9.17, 15) is 19.1 Å². The number of pyridine rings is 1. The Morgan fingerprint density at radius 3 is 2.59 bits per heavy atom. The van der Waals surface area contributed by atoms with Gasteiger partial charge in [-0.2, -0.15) is 0 Å². The summed E-state index contributed by atoms with van der Waals surface area (Å²) in [5, 5.41) is 9.31. The van der Waals surface area contributed by atoms with Gasteiger partial charge in [0.15, 0.2) is 11.6 Å². The fourth-order valence-corrected chi connectivity index (χ4v) is 3.68. The number of carbonyl (C=O) groups excluding carboxylic acids is 1. The molecule has 0 fully saturated rings. The van der Waals surface area contributed by atoms with Gasteiger partial charge in [-0.15, -0.1) is 0 Å². The first-order valence-electron chi connectivity index (χ1n) is 10.3. The van der Waals surface area contributed by atoms with Crippen molar-refractivity contribution in [3.8, 4) is 16.9 Å². The molecule has 34 heavy (non-hydrogen) atoms. The number of fused-ring (bicyclic) bond motifs is 1. The number of aromatic nitrogens is 1. The number of ketones is 1. The van der Waals surface area contributed by atoms with Crippen molar-refractivity contribution in [2.75, 3.05) is 0 Å². The molecule has 4 rings (SSSR count). The second kappa shape index (κ2) is 9.40. The lowest BCUT2D eigenvalue weighted by atomic mass is 9.99. The van der Waals surface area contributed by atoms with Crippen molar-refractivity contribution in [3.05, 3.63) is 82.9 Å². The number of halogens is 2. The number of benzene rings is 2. The highest BCUT2D eigenvalue weighted by atomic mass is 19.1. The van der Waals surface area contributed by atoms with Crippen LogP contribution >= 0.6 is 0 Å². The summed E-state index contributed by atoms with van der Waals surface area (Å²) in [6, 6.07) is 8.69. The van der Waals surface area contributed by atoms with Crippen LogP contribution in [-0.4, -0.2) is 21.8 Å². The Morgan fingerprint density at radius 1 is 1.09 bits per heavy atom. The second-order valence-electron chi connectivity index (χ2n) is 7.62. The van der Waals surface area contributed by atoms with Gasteiger partial charge in [0, 0.05) is 40.6 Å². The van der Waals surface area contributed by atoms with Crippen molar-refractivity contribution >= 4 is 22.7 Å². The molecule has 3 N–H and O–H groups in total. The lowest BCUT2D eigenvalue weighted by Crippen LogP contribution is -2.07. The number of ether oxygens (including phenoxy) is 1. The van der Waals surface area contributed by atoms with Crippen molar-refractivity contribution in [2.24, 2.45) is 5.73 Å². The minimum absolute atomic E-state index is 0.0543. The van der Waals surface area contributed by atoms with E-state index in [-0.39, 0.29) is 64.5 Å². The molecule has 0 radical (unpaired) electrons. The van der Waals surface area contributed by atoms with Crippen molar-refractivity contribution in [1.82, 2.24) is 4.98 Å². The molecule has 0 aliphatic heterocycles. The molecular weight excluding hydrogens is 446 g/mol. The molecule has 2 aromatic carbocycles. The summed E-state index contributed by atoms with van der Waals surface area (Å²) in [5.74, 6) is -2.44. The number of nitrogens with two attached hydrogens (primary N) is 1. The Hall–Kier alpha value is -4.11. The first-order chi connectivity index (χ1) is 16.3. The van der Waals surface area contributed by atoms with E-state index in [1.807, 2.05) is 0 Å². The molecule has 0 saturated carbocycles. The van der Waals surface area contributed by atoms with Gasteiger partial charge in [-0.05, 0) is 31.2 Å². The number of carboxylic acid groups (broad SMARTS) is 1. The molecule has 0 bridgehead atoms. The standard InChI is InChI=1S/C25H20F2N2O5/c1-13(30)14-2-3-15(10-22(31)32)21(9-14)34-12-16-8-19(25-18(23(16)26)5-7-33-25)17-4-6-29-20(11-28)24(17)27/h2-9H,10-12,28H2,1H3,(H,31,32). The van der Waals surface area contributed by atoms with Crippen LogP contribution in [-0.2, 0) is 24.4 Å². The highest BCUT2D eigenvalue weighted by Crippen LogP contribution is 2.35. The molecule has 0 aliphatic carbocycles. The number of hydrogen-bond acceptors (Lipinski definition) is 6. The highest BCUT2D eigenvalue weighted by Gasteiger charge is 2.20. The number of rotatable bonds is 8. The van der Waals surface area contributed by atoms with Crippen LogP contribution in [0.4, 0.5) is 8.78 Å². The summed E-state index contributed by atoms with van der Waals surface area (Å²) >= 11 is 0. The predicted octanol–water partition coefficient (Wildman–Crippen LogP) is 4.64. The third-order valence-corrected chi connectivity index (χ3v) is 5.39. The van der Waals surface area contributed by atoms with Gasteiger partial charge in [0.1, 0.15) is 23.8 Å². The van der Waals surface area contributed by atoms with Gasteiger partial charge >= 0.3 is 5.97 Å². The first-order valence-corrected chi connectivity index (χ1v) is 10.3. The van der Waals surface area contributed by atoms with Gasteiger partial charge in [0.05, 0.1) is 23.8 Å². The Balaban J connectivity index is 1.77. The number of nitrogens with zero attached hydrogens (tertiary/aromatic N) is 1. The average Bonchev–Trinajstić information content (AvgIpc) is 3.30. The van der Waals surface area contributed by atoms with Crippen LogP contribution in [0.5, 0.6) is 5.75 Å². The lowest BCUT2D eigenvalue weighted by molar-refractivity contribution is -0.136. The number of Topliss-reactive ketones (excluding diaryl/α,β-unsaturated/α-hetero) is 1. The molecular formula is C25H20F2N2O5. The molecule has 0 aliphatic rings. The zero-order valence-electron chi connectivity index (χ0n) is 18.1. The minimum atomic E-state index is -1.09. The predicted molar refractivity (Wildman–Crippen MR) is 119 cm³/mol. The molecule has 2 aromatic heterocycles. The number of carbonyl (C=O) groups is 2. The maximum Gasteiger partial charge on any atom is 0.307 e. The molecule has 9 heteroatoms. The minimum Gasteiger partial charge on any atom is -0.488 e. The Morgan fingerprint density at radius 2 is 1.88 bits per heavy atom. The van der Waals surface area contributed by atoms with Crippen molar-refractivity contribution < 1.29 is 32.6 Å². The Labute approximate surface area is 192 Å². The monoisotopic (exact) mass is 466 g/mol. The van der Waals surface area contributed by atoms with Crippen LogP contribution in [0.3, 0.4) is 0 Å². The van der Waals surface area contributed by atoms with E-state index in [0.29, 0.717) is 11.1 Å². The van der Waals surface area contributed by atoms with E-state index < -0.39 is 17.6 Å². The van der Waals surface area contributed by atoms with E-state index in [1.54, 1.807) is 0 Å². The molecule has 0 unspecified atom stereocenters. The molecule has 7 nitrogen and oxygen atoms in total. The largest absolute Gasteiger partial charge is 0.488 e. The highest BCUT2D eigenvalue weighted by molar-refractivity contribution is 5.95. The molecule has 174 valence electrons. The number of furan rings is 1. The van der Waals surface area contributed by atoms with Crippen LogP contribution in [0, 0.1) is 11.6 Å². The van der Waals surface area contributed by atoms with Gasteiger partial charge in [-0.1, -0.05) is 12.1 Å². The maximum atomic E-state index is 15.3. The fraction of sp³-hybridized carbons (Fsp3) is 0.160. The summed E-state index contributed by atoms with van der Waals surface area (Å²) < 4.78 is 41.4. The molecule has 2 heterocycles. The third-order valence-electron chi connectivity index (χ3n) is 5.39. The molecule has 0 amide bonds. The zero-order valence-corrected chi connectivity index (χ0v) is 18.1. The molecule has 0 saturated heterocycles. The second-order valence-corrected chi connectivity index (χ2v) is 7.62. The van der Waals surface area contributed by atoms with Crippen LogP contribution in [0.1, 0.15) is 34.1 Å². The topological polar surface area (TPSA) is 116 Å². The van der Waals surface area contributed by atoms with Gasteiger partial charge < -0.3 is 20.0 Å². The molecule has 0 atom stereocenters. The lowest BCUT2D eigenvalue weighted by Gasteiger charge is -2.14. The Bertz CT molecular complexity index is 1410. The fourth-order valence-electron chi connectivity index (χ4n) is 3.68. The SMILES string of the molecule is CC(=O)c1ccc(CC(=O)O)c(OCc2cc(-c3ccnc(CN)c3F)c3occc3c2F)c1. The zero-order chi connectivity index (χ0) is 24.4. The summed E-state index contributed by atoms with van der Waals surface area (Å²) in [4.78, 5) is 26.9. The summed E-state index contributed by atoms with van der Waals surface area (Å²) in [6.45, 7) is 0.953. The van der Waals surface area contributed by atoms with E-state index in [0.717, 1.165) is 0 Å². The first kappa shape index (κ1) is 23.1. The molecule has 4 aromatic rings. The number of aliphatic carboxylic acids is 1. The van der Waals surface area contributed by atoms with Crippen LogP contribution in [0.25, 0.3) is 22.1 Å². The van der Waals surface area contributed by atoms with Gasteiger partial charge in [-0.25, -0.2) is 8.78 Å².